The summed E-state index contributed by atoms with van der Waals surface area (Å²) in [7, 11) is 2.73. The fourth-order valence-corrected chi connectivity index (χ4v) is 3.85. The zero-order chi connectivity index (χ0) is 25.5. The van der Waals surface area contributed by atoms with Crippen molar-refractivity contribution in [2.24, 2.45) is 0 Å². The first-order chi connectivity index (χ1) is 16.5. The topological polar surface area (TPSA) is 77.8 Å². The molecule has 0 spiro atoms. The molecule has 2 aromatic carbocycles. The summed E-state index contributed by atoms with van der Waals surface area (Å²) in [6, 6.07) is 9.66. The van der Waals surface area contributed by atoms with E-state index in [4.69, 9.17) is 44.3 Å². The first kappa shape index (κ1) is 24.9. The molecule has 4 aromatic rings. The van der Waals surface area contributed by atoms with Crippen LogP contribution in [-0.4, -0.2) is 34.7 Å². The van der Waals surface area contributed by atoms with E-state index in [0.717, 1.165) is 6.07 Å². The van der Waals surface area contributed by atoms with E-state index in [-0.39, 0.29) is 38.6 Å². The fourth-order valence-electron chi connectivity index (χ4n) is 3.25. The monoisotopic (exact) mass is 544 g/mol. The second-order valence-electron chi connectivity index (χ2n) is 7.07. The number of nitrogens with zero attached hydrogens (tertiary/aromatic N) is 3. The number of ether oxygens (including phenoxy) is 2. The molecule has 0 saturated carbocycles. The van der Waals surface area contributed by atoms with Gasteiger partial charge in [0.1, 0.15) is 16.5 Å². The van der Waals surface area contributed by atoms with Crippen molar-refractivity contribution in [3.05, 3.63) is 68.9 Å². The highest BCUT2D eigenvalue weighted by Crippen LogP contribution is 2.37. The van der Waals surface area contributed by atoms with Gasteiger partial charge in [-0.25, -0.2) is 9.50 Å². The maximum absolute atomic E-state index is 13.9. The third-order valence-electron chi connectivity index (χ3n) is 4.90. The van der Waals surface area contributed by atoms with E-state index >= 15 is 0 Å². The van der Waals surface area contributed by atoms with E-state index in [1.54, 1.807) is 0 Å². The Labute approximate surface area is 211 Å². The lowest BCUT2D eigenvalue weighted by atomic mass is 10.1. The number of rotatable bonds is 5. The molecular formula is C22H14Cl3F3N4O3. The molecule has 182 valence electrons. The normalized spacial score (nSPS) is 11.5. The summed E-state index contributed by atoms with van der Waals surface area (Å²) in [6.45, 7) is 0. The van der Waals surface area contributed by atoms with Crippen LogP contribution in [0.1, 0.15) is 16.2 Å². The molecule has 0 aliphatic heterocycles. The number of aromatic nitrogens is 3. The van der Waals surface area contributed by atoms with Crippen LogP contribution in [0.4, 0.5) is 18.9 Å². The van der Waals surface area contributed by atoms with Crippen molar-refractivity contribution in [3.63, 3.8) is 0 Å². The zero-order valence-electron chi connectivity index (χ0n) is 17.9. The van der Waals surface area contributed by atoms with Gasteiger partial charge in [0.15, 0.2) is 17.0 Å². The molecule has 0 atom stereocenters. The lowest BCUT2D eigenvalue weighted by Gasteiger charge is -2.12. The molecule has 0 radical (unpaired) electrons. The molecule has 0 saturated heterocycles. The molecule has 0 aliphatic rings. The summed E-state index contributed by atoms with van der Waals surface area (Å²) in [5, 5.41) is 6.57. The Morgan fingerprint density at radius 1 is 1.00 bits per heavy atom. The van der Waals surface area contributed by atoms with Gasteiger partial charge in [-0.15, -0.1) is 0 Å². The van der Waals surface area contributed by atoms with Crippen molar-refractivity contribution < 1.29 is 27.4 Å². The Hall–Kier alpha value is -3.21. The summed E-state index contributed by atoms with van der Waals surface area (Å²) in [6.07, 6.45) is -4.82. The number of methoxy groups -OCH3 is 2. The van der Waals surface area contributed by atoms with Gasteiger partial charge in [0.05, 0.1) is 30.6 Å². The molecule has 2 aromatic heterocycles. The second-order valence-corrected chi connectivity index (χ2v) is 8.29. The van der Waals surface area contributed by atoms with Crippen LogP contribution in [-0.2, 0) is 6.18 Å². The van der Waals surface area contributed by atoms with Gasteiger partial charge in [0.25, 0.3) is 5.91 Å². The van der Waals surface area contributed by atoms with Gasteiger partial charge in [-0.3, -0.25) is 4.79 Å². The number of anilines is 1. The minimum atomic E-state index is -4.82. The van der Waals surface area contributed by atoms with Crippen LogP contribution in [0.15, 0.2) is 42.5 Å². The van der Waals surface area contributed by atoms with Crippen molar-refractivity contribution in [3.8, 4) is 22.8 Å². The molecule has 13 heteroatoms. The predicted molar refractivity (Wildman–Crippen MR) is 126 cm³/mol. The lowest BCUT2D eigenvalue weighted by molar-refractivity contribution is -0.142. The van der Waals surface area contributed by atoms with Crippen LogP contribution in [0.5, 0.6) is 11.5 Å². The maximum atomic E-state index is 13.9. The molecule has 35 heavy (non-hydrogen) atoms. The third-order valence-corrected chi connectivity index (χ3v) is 5.80. The number of hydrogen-bond donors (Lipinski definition) is 1. The number of carbonyl (C=O) groups excluding carboxylic acids is 1. The maximum Gasteiger partial charge on any atom is 0.433 e. The first-order valence-electron chi connectivity index (χ1n) is 9.68. The average Bonchev–Trinajstić information content (AvgIpc) is 3.15. The molecule has 0 fully saturated rings. The number of amides is 1. The average molecular weight is 546 g/mol. The van der Waals surface area contributed by atoms with Gasteiger partial charge in [-0.2, -0.15) is 18.3 Å². The van der Waals surface area contributed by atoms with Crippen LogP contribution in [0, 0.1) is 0 Å². The molecule has 0 bridgehead atoms. The number of hydrogen-bond acceptors (Lipinski definition) is 5. The minimum absolute atomic E-state index is 0.0284. The highest BCUT2D eigenvalue weighted by atomic mass is 35.5. The number of carbonyl (C=O) groups is 1. The lowest BCUT2D eigenvalue weighted by Crippen LogP contribution is -2.16. The largest absolute Gasteiger partial charge is 0.495 e. The van der Waals surface area contributed by atoms with Crippen LogP contribution < -0.4 is 14.8 Å². The van der Waals surface area contributed by atoms with Gasteiger partial charge >= 0.3 is 6.18 Å². The molecule has 0 unspecified atom stereocenters. The van der Waals surface area contributed by atoms with Gasteiger partial charge in [0, 0.05) is 22.7 Å². The smallest absolute Gasteiger partial charge is 0.433 e. The molecule has 1 N–H and O–H groups in total. The van der Waals surface area contributed by atoms with Crippen molar-refractivity contribution in [1.82, 2.24) is 14.6 Å². The standard InChI is InChI=1S/C22H14Cl3F3N4O3/c1-34-15-8-14(16(35-2)7-12(15)24)30-21(33)19-18(25)20-29-13(10-3-5-11(23)6-4-10)9-17(22(26,27)28)32(20)31-19/h3-9H,1-2H3,(H,30,33). The number of halogens is 6. The fraction of sp³-hybridized carbons (Fsp3) is 0.136. The summed E-state index contributed by atoms with van der Waals surface area (Å²) >= 11 is 18.3. The predicted octanol–water partition coefficient (Wildman–Crippen LogP) is 6.64. The molecular weight excluding hydrogens is 532 g/mol. The summed E-state index contributed by atoms with van der Waals surface area (Å²) in [5.41, 5.74) is -1.52. The second kappa shape index (κ2) is 9.44. The minimum Gasteiger partial charge on any atom is -0.495 e. The number of alkyl halides is 3. The van der Waals surface area contributed by atoms with Crippen molar-refractivity contribution in [1.29, 1.82) is 0 Å². The zero-order valence-corrected chi connectivity index (χ0v) is 20.1. The summed E-state index contributed by atoms with van der Waals surface area (Å²) < 4.78 is 52.5. The highest BCUT2D eigenvalue weighted by Gasteiger charge is 2.37. The van der Waals surface area contributed by atoms with Crippen molar-refractivity contribution in [2.45, 2.75) is 6.18 Å². The van der Waals surface area contributed by atoms with E-state index in [0.29, 0.717) is 15.1 Å². The van der Waals surface area contributed by atoms with Gasteiger partial charge in [-0.05, 0) is 18.2 Å². The molecule has 0 aliphatic carbocycles. The highest BCUT2D eigenvalue weighted by molar-refractivity contribution is 6.37. The molecule has 4 rings (SSSR count). The van der Waals surface area contributed by atoms with Crippen LogP contribution in [0.3, 0.4) is 0 Å². The van der Waals surface area contributed by atoms with Gasteiger partial charge in [0.2, 0.25) is 0 Å². The Balaban J connectivity index is 1.83. The quantitative estimate of drug-likeness (QED) is 0.304. The van der Waals surface area contributed by atoms with Crippen LogP contribution >= 0.6 is 34.8 Å². The van der Waals surface area contributed by atoms with E-state index < -0.39 is 23.5 Å². The number of benzene rings is 2. The molecule has 1 amide bonds. The van der Waals surface area contributed by atoms with E-state index in [1.165, 1.54) is 50.6 Å². The Bertz CT molecular complexity index is 1440. The number of nitrogens with one attached hydrogen (secondary N) is 1. The summed E-state index contributed by atoms with van der Waals surface area (Å²) in [4.78, 5) is 17.2. The first-order valence-corrected chi connectivity index (χ1v) is 10.8. The number of fused-ring (bicyclic) bond motifs is 1. The van der Waals surface area contributed by atoms with E-state index in [2.05, 4.69) is 15.4 Å². The molecule has 2 heterocycles. The SMILES string of the molecule is COc1cc(NC(=O)c2nn3c(C(F)(F)F)cc(-c4ccc(Cl)cc4)nc3c2Cl)c(OC)cc1Cl. The summed E-state index contributed by atoms with van der Waals surface area (Å²) in [5.74, 6) is -0.481. The van der Waals surface area contributed by atoms with Crippen LogP contribution in [0.2, 0.25) is 15.1 Å². The van der Waals surface area contributed by atoms with Gasteiger partial charge in [-0.1, -0.05) is 46.9 Å². The Morgan fingerprint density at radius 3 is 2.26 bits per heavy atom. The molecule has 7 nitrogen and oxygen atoms in total. The Morgan fingerprint density at radius 2 is 1.66 bits per heavy atom. The Kier molecular flexibility index (Phi) is 6.72. The van der Waals surface area contributed by atoms with Gasteiger partial charge < -0.3 is 14.8 Å². The van der Waals surface area contributed by atoms with Crippen molar-refractivity contribution in [2.75, 3.05) is 19.5 Å². The third kappa shape index (κ3) is 4.82. The van der Waals surface area contributed by atoms with Crippen molar-refractivity contribution >= 4 is 52.0 Å². The van der Waals surface area contributed by atoms with E-state index in [1.807, 2.05) is 0 Å². The van der Waals surface area contributed by atoms with E-state index in [9.17, 15) is 18.0 Å². The van der Waals surface area contributed by atoms with Crippen LogP contribution in [0.25, 0.3) is 16.9 Å².